The van der Waals surface area contributed by atoms with Crippen molar-refractivity contribution < 1.29 is 9.31 Å². The lowest BCUT2D eigenvalue weighted by Crippen LogP contribution is -2.12. The Morgan fingerprint density at radius 3 is 2.57 bits per heavy atom. The largest absolute Gasteiger partial charge is 0.379 e. The molecule has 2 aromatic carbocycles. The number of halogens is 1. The number of nitro benzene ring substituents is 1. The van der Waals surface area contributed by atoms with Crippen LogP contribution in [0.15, 0.2) is 42.5 Å². The van der Waals surface area contributed by atoms with Crippen molar-refractivity contribution in [1.29, 1.82) is 0 Å². The Morgan fingerprint density at radius 2 is 1.90 bits per heavy atom. The summed E-state index contributed by atoms with van der Waals surface area (Å²) >= 11 is 0. The SMILES string of the molecule is CN(C)c1ccccc1NCc1cccc([N+](=O)[O-])c1F. The number of hydrogen-bond donors (Lipinski definition) is 1. The summed E-state index contributed by atoms with van der Waals surface area (Å²) in [6.45, 7) is 0.179. The minimum absolute atomic E-state index is 0.179. The van der Waals surface area contributed by atoms with Crippen molar-refractivity contribution in [3.8, 4) is 0 Å². The van der Waals surface area contributed by atoms with E-state index in [9.17, 15) is 14.5 Å². The Kier molecular flexibility index (Phi) is 4.37. The fourth-order valence-electron chi connectivity index (χ4n) is 2.05. The summed E-state index contributed by atoms with van der Waals surface area (Å²) in [5.74, 6) is -0.794. The summed E-state index contributed by atoms with van der Waals surface area (Å²) in [7, 11) is 3.82. The van der Waals surface area contributed by atoms with Crippen LogP contribution < -0.4 is 10.2 Å². The van der Waals surface area contributed by atoms with Gasteiger partial charge in [0.1, 0.15) is 0 Å². The zero-order valence-electron chi connectivity index (χ0n) is 11.8. The van der Waals surface area contributed by atoms with Crippen LogP contribution >= 0.6 is 0 Å². The van der Waals surface area contributed by atoms with Gasteiger partial charge in [0.2, 0.25) is 5.82 Å². The van der Waals surface area contributed by atoms with E-state index in [-0.39, 0.29) is 12.1 Å². The Balaban J connectivity index is 2.21. The van der Waals surface area contributed by atoms with E-state index >= 15 is 0 Å². The van der Waals surface area contributed by atoms with Gasteiger partial charge >= 0.3 is 5.69 Å². The molecule has 5 nitrogen and oxygen atoms in total. The monoisotopic (exact) mass is 289 g/mol. The molecule has 1 N–H and O–H groups in total. The molecule has 0 aliphatic rings. The van der Waals surface area contributed by atoms with Crippen LogP contribution in [0, 0.1) is 15.9 Å². The molecule has 0 radical (unpaired) electrons. The van der Waals surface area contributed by atoms with E-state index in [2.05, 4.69) is 5.32 Å². The van der Waals surface area contributed by atoms with Crippen molar-refractivity contribution in [2.75, 3.05) is 24.3 Å². The first-order chi connectivity index (χ1) is 10.0. The Labute approximate surface area is 122 Å². The minimum Gasteiger partial charge on any atom is -0.379 e. The van der Waals surface area contributed by atoms with Crippen LogP contribution in [0.4, 0.5) is 21.5 Å². The van der Waals surface area contributed by atoms with Gasteiger partial charge in [-0.1, -0.05) is 24.3 Å². The zero-order valence-corrected chi connectivity index (χ0v) is 11.8. The molecule has 6 heteroatoms. The topological polar surface area (TPSA) is 58.4 Å². The van der Waals surface area contributed by atoms with E-state index in [0.717, 1.165) is 17.4 Å². The highest BCUT2D eigenvalue weighted by molar-refractivity contribution is 5.69. The third kappa shape index (κ3) is 3.28. The lowest BCUT2D eigenvalue weighted by atomic mass is 10.1. The normalized spacial score (nSPS) is 10.2. The Bertz CT molecular complexity index is 659. The number of benzene rings is 2. The van der Waals surface area contributed by atoms with Crippen LogP contribution in [-0.4, -0.2) is 19.0 Å². The van der Waals surface area contributed by atoms with E-state index < -0.39 is 16.4 Å². The Morgan fingerprint density at radius 1 is 1.19 bits per heavy atom. The summed E-state index contributed by atoms with van der Waals surface area (Å²) in [4.78, 5) is 12.0. The molecule has 0 saturated heterocycles. The highest BCUT2D eigenvalue weighted by Gasteiger charge is 2.17. The summed E-state index contributed by atoms with van der Waals surface area (Å²) in [5.41, 5.74) is 1.56. The molecule has 0 bridgehead atoms. The number of nitro groups is 1. The number of para-hydroxylation sites is 2. The molecule has 110 valence electrons. The van der Waals surface area contributed by atoms with E-state index in [0.29, 0.717) is 0 Å². The maximum Gasteiger partial charge on any atom is 0.305 e. The molecule has 0 aliphatic heterocycles. The number of nitrogens with zero attached hydrogens (tertiary/aromatic N) is 2. The van der Waals surface area contributed by atoms with Gasteiger partial charge in [-0.15, -0.1) is 0 Å². The second-order valence-electron chi connectivity index (χ2n) is 4.77. The molecular weight excluding hydrogens is 273 g/mol. The van der Waals surface area contributed by atoms with Gasteiger partial charge in [-0.25, -0.2) is 0 Å². The van der Waals surface area contributed by atoms with E-state index in [4.69, 9.17) is 0 Å². The van der Waals surface area contributed by atoms with Crippen LogP contribution in [0.1, 0.15) is 5.56 Å². The van der Waals surface area contributed by atoms with Crippen molar-refractivity contribution in [1.82, 2.24) is 0 Å². The minimum atomic E-state index is -0.794. The fourth-order valence-corrected chi connectivity index (χ4v) is 2.05. The number of hydrogen-bond acceptors (Lipinski definition) is 4. The first kappa shape index (κ1) is 14.8. The highest BCUT2D eigenvalue weighted by Crippen LogP contribution is 2.25. The highest BCUT2D eigenvalue weighted by atomic mass is 19.1. The van der Waals surface area contributed by atoms with Gasteiger partial charge in [-0.05, 0) is 12.1 Å². The standard InChI is InChI=1S/C15H16FN3O2/c1-18(2)13-8-4-3-7-12(13)17-10-11-6-5-9-14(15(11)16)19(20)21/h3-9,17H,10H2,1-2H3. The summed E-state index contributed by atoms with van der Waals surface area (Å²) in [5, 5.41) is 13.8. The second-order valence-corrected chi connectivity index (χ2v) is 4.77. The summed E-state index contributed by atoms with van der Waals surface area (Å²) < 4.78 is 14.0. The zero-order chi connectivity index (χ0) is 15.4. The van der Waals surface area contributed by atoms with Crippen LogP contribution in [0.5, 0.6) is 0 Å². The maximum absolute atomic E-state index is 14.0. The quantitative estimate of drug-likeness (QED) is 0.677. The van der Waals surface area contributed by atoms with Crippen LogP contribution in [-0.2, 0) is 6.54 Å². The van der Waals surface area contributed by atoms with Crippen molar-refractivity contribution >= 4 is 17.1 Å². The van der Waals surface area contributed by atoms with Gasteiger partial charge in [0, 0.05) is 32.3 Å². The number of rotatable bonds is 5. The van der Waals surface area contributed by atoms with E-state index in [1.165, 1.54) is 12.1 Å². The number of anilines is 2. The summed E-state index contributed by atoms with van der Waals surface area (Å²) in [6, 6.07) is 11.8. The van der Waals surface area contributed by atoms with Crippen molar-refractivity contribution in [2.24, 2.45) is 0 Å². The molecule has 0 aromatic heterocycles. The third-order valence-electron chi connectivity index (χ3n) is 3.11. The average molecular weight is 289 g/mol. The number of nitrogens with one attached hydrogen (secondary N) is 1. The smallest absolute Gasteiger partial charge is 0.305 e. The lowest BCUT2D eigenvalue weighted by Gasteiger charge is -2.18. The Hall–Kier alpha value is -2.63. The van der Waals surface area contributed by atoms with Gasteiger partial charge in [-0.3, -0.25) is 10.1 Å². The predicted molar refractivity (Wildman–Crippen MR) is 81.2 cm³/mol. The molecule has 0 saturated carbocycles. The second kappa shape index (κ2) is 6.21. The van der Waals surface area contributed by atoms with E-state index in [1.54, 1.807) is 0 Å². The van der Waals surface area contributed by atoms with Crippen molar-refractivity contribution in [2.45, 2.75) is 6.54 Å². The molecule has 0 spiro atoms. The van der Waals surface area contributed by atoms with Crippen LogP contribution in [0.25, 0.3) is 0 Å². The fraction of sp³-hybridized carbons (Fsp3) is 0.200. The molecule has 21 heavy (non-hydrogen) atoms. The molecule has 0 aliphatic carbocycles. The average Bonchev–Trinajstić information content (AvgIpc) is 2.46. The molecule has 0 fully saturated rings. The van der Waals surface area contributed by atoms with Gasteiger partial charge in [0.05, 0.1) is 16.3 Å². The first-order valence-electron chi connectivity index (χ1n) is 6.42. The van der Waals surface area contributed by atoms with Gasteiger partial charge in [-0.2, -0.15) is 4.39 Å². The van der Waals surface area contributed by atoms with Gasteiger partial charge in [0.25, 0.3) is 0 Å². The third-order valence-corrected chi connectivity index (χ3v) is 3.11. The molecule has 0 heterocycles. The molecule has 0 atom stereocenters. The first-order valence-corrected chi connectivity index (χ1v) is 6.42. The van der Waals surface area contributed by atoms with E-state index in [1.807, 2.05) is 43.3 Å². The maximum atomic E-state index is 14.0. The molecule has 2 aromatic rings. The van der Waals surface area contributed by atoms with Crippen molar-refractivity contribution in [3.05, 3.63) is 64.0 Å². The van der Waals surface area contributed by atoms with Crippen LogP contribution in [0.3, 0.4) is 0 Å². The molecule has 0 unspecified atom stereocenters. The predicted octanol–water partition coefficient (Wildman–Crippen LogP) is 3.41. The lowest BCUT2D eigenvalue weighted by molar-refractivity contribution is -0.387. The molecular formula is C15H16FN3O2. The van der Waals surface area contributed by atoms with Gasteiger partial charge in [0.15, 0.2) is 0 Å². The summed E-state index contributed by atoms with van der Waals surface area (Å²) in [6.07, 6.45) is 0. The van der Waals surface area contributed by atoms with Crippen molar-refractivity contribution in [3.63, 3.8) is 0 Å². The van der Waals surface area contributed by atoms with Crippen LogP contribution in [0.2, 0.25) is 0 Å². The van der Waals surface area contributed by atoms with Gasteiger partial charge < -0.3 is 10.2 Å². The molecule has 0 amide bonds. The molecule has 2 rings (SSSR count).